The number of piperidine rings is 1. The van der Waals surface area contributed by atoms with Gasteiger partial charge in [0.15, 0.2) is 0 Å². The number of rotatable bonds is 2. The molecule has 1 amide bonds. The summed E-state index contributed by atoms with van der Waals surface area (Å²) in [4.78, 5) is 17.4. The molecule has 2 aromatic rings. The lowest BCUT2D eigenvalue weighted by atomic mass is 9.78. The van der Waals surface area contributed by atoms with Gasteiger partial charge >= 0.3 is 0 Å². The Morgan fingerprint density at radius 1 is 1.26 bits per heavy atom. The van der Waals surface area contributed by atoms with Gasteiger partial charge in [0.1, 0.15) is 11.6 Å². The summed E-state index contributed by atoms with van der Waals surface area (Å²) in [5.74, 6) is 1.94. The SMILES string of the molecule is O=CN1CCC(C2c3ccc(O)cc3C=Cn3ccnc32)CC1. The second-order valence-corrected chi connectivity index (χ2v) is 6.28. The van der Waals surface area contributed by atoms with Crippen LogP contribution in [0, 0.1) is 5.92 Å². The van der Waals surface area contributed by atoms with Crippen molar-refractivity contribution in [1.82, 2.24) is 14.5 Å². The van der Waals surface area contributed by atoms with E-state index < -0.39 is 0 Å². The van der Waals surface area contributed by atoms with E-state index in [4.69, 9.17) is 0 Å². The highest BCUT2D eigenvalue weighted by Crippen LogP contribution is 2.41. The summed E-state index contributed by atoms with van der Waals surface area (Å²) in [6.07, 6.45) is 10.7. The van der Waals surface area contributed by atoms with Crippen LogP contribution in [0.5, 0.6) is 5.75 Å². The van der Waals surface area contributed by atoms with Crippen LogP contribution >= 0.6 is 0 Å². The van der Waals surface area contributed by atoms with Crippen LogP contribution in [0.25, 0.3) is 12.3 Å². The van der Waals surface area contributed by atoms with Gasteiger partial charge in [-0.15, -0.1) is 0 Å². The number of aromatic nitrogens is 2. The van der Waals surface area contributed by atoms with Crippen LogP contribution in [-0.2, 0) is 4.79 Å². The number of carbonyl (C=O) groups is 1. The number of fused-ring (bicyclic) bond motifs is 2. The number of amides is 1. The molecule has 1 aromatic carbocycles. The van der Waals surface area contributed by atoms with Gasteiger partial charge in [-0.2, -0.15) is 0 Å². The topological polar surface area (TPSA) is 58.4 Å². The van der Waals surface area contributed by atoms with Gasteiger partial charge in [-0.1, -0.05) is 6.07 Å². The van der Waals surface area contributed by atoms with Crippen molar-refractivity contribution < 1.29 is 9.90 Å². The second-order valence-electron chi connectivity index (χ2n) is 6.28. The van der Waals surface area contributed by atoms with Gasteiger partial charge in [-0.25, -0.2) is 4.98 Å². The Balaban J connectivity index is 1.77. The van der Waals surface area contributed by atoms with Gasteiger partial charge in [0.25, 0.3) is 0 Å². The van der Waals surface area contributed by atoms with Crippen molar-refractivity contribution >= 4 is 18.7 Å². The largest absolute Gasteiger partial charge is 0.508 e. The molecule has 0 bridgehead atoms. The first-order chi connectivity index (χ1) is 11.3. The van der Waals surface area contributed by atoms with Crippen LogP contribution in [0.15, 0.2) is 30.6 Å². The van der Waals surface area contributed by atoms with Gasteiger partial charge < -0.3 is 14.6 Å². The first kappa shape index (κ1) is 14.1. The molecule has 1 aromatic heterocycles. The van der Waals surface area contributed by atoms with Crippen molar-refractivity contribution in [3.8, 4) is 5.75 Å². The lowest BCUT2D eigenvalue weighted by Crippen LogP contribution is -2.35. The maximum atomic E-state index is 11.0. The van der Waals surface area contributed by atoms with E-state index in [0.29, 0.717) is 5.92 Å². The van der Waals surface area contributed by atoms with Gasteiger partial charge in [0.2, 0.25) is 6.41 Å². The molecule has 3 heterocycles. The number of benzene rings is 1. The molecule has 2 aliphatic heterocycles. The quantitative estimate of drug-likeness (QED) is 0.867. The summed E-state index contributed by atoms with van der Waals surface area (Å²) in [5, 5.41) is 9.81. The normalized spacial score (nSPS) is 20.7. The fraction of sp³-hybridized carbons (Fsp3) is 0.333. The summed E-state index contributed by atoms with van der Waals surface area (Å²) in [6.45, 7) is 1.60. The van der Waals surface area contributed by atoms with E-state index in [9.17, 15) is 9.90 Å². The molecule has 1 unspecified atom stereocenters. The van der Waals surface area contributed by atoms with Gasteiger partial charge in [-0.3, -0.25) is 4.79 Å². The number of carbonyl (C=O) groups excluding carboxylic acids is 1. The molecule has 1 N–H and O–H groups in total. The summed E-state index contributed by atoms with van der Waals surface area (Å²) in [7, 11) is 0. The van der Waals surface area contributed by atoms with E-state index in [-0.39, 0.29) is 11.7 Å². The predicted molar refractivity (Wildman–Crippen MR) is 87.8 cm³/mol. The van der Waals surface area contributed by atoms with Crippen molar-refractivity contribution in [2.45, 2.75) is 18.8 Å². The average Bonchev–Trinajstić information content (AvgIpc) is 2.98. The molecule has 1 atom stereocenters. The second kappa shape index (κ2) is 5.57. The van der Waals surface area contributed by atoms with Crippen molar-refractivity contribution in [1.29, 1.82) is 0 Å². The van der Waals surface area contributed by atoms with E-state index in [1.54, 1.807) is 6.07 Å². The number of phenols is 1. The highest BCUT2D eigenvalue weighted by molar-refractivity contribution is 5.68. The number of hydrogen-bond donors (Lipinski definition) is 1. The standard InChI is InChI=1S/C18H19N3O2/c22-12-20-7-3-13(4-8-20)17-16-2-1-15(23)11-14(16)5-9-21-10-6-19-18(17)21/h1-2,5-6,9-13,17,23H,3-4,7-8H2. The van der Waals surface area contributed by atoms with Crippen LogP contribution in [0.2, 0.25) is 0 Å². The van der Waals surface area contributed by atoms with E-state index in [1.807, 2.05) is 41.7 Å². The third-order valence-corrected chi connectivity index (χ3v) is 4.99. The van der Waals surface area contributed by atoms with Crippen molar-refractivity contribution in [3.05, 3.63) is 47.5 Å². The first-order valence-electron chi connectivity index (χ1n) is 7.99. The lowest BCUT2D eigenvalue weighted by molar-refractivity contribution is -0.119. The monoisotopic (exact) mass is 309 g/mol. The van der Waals surface area contributed by atoms with Crippen molar-refractivity contribution in [2.24, 2.45) is 5.92 Å². The molecule has 1 saturated heterocycles. The molecule has 5 heteroatoms. The van der Waals surface area contributed by atoms with Crippen LogP contribution in [-0.4, -0.2) is 39.1 Å². The lowest BCUT2D eigenvalue weighted by Gasteiger charge is -2.34. The number of imidazole rings is 1. The minimum Gasteiger partial charge on any atom is -0.508 e. The van der Waals surface area contributed by atoms with E-state index in [0.717, 1.165) is 43.7 Å². The molecular formula is C18H19N3O2. The van der Waals surface area contributed by atoms with E-state index in [1.165, 1.54) is 5.56 Å². The van der Waals surface area contributed by atoms with Crippen molar-refractivity contribution in [3.63, 3.8) is 0 Å². The fourth-order valence-corrected chi connectivity index (χ4v) is 3.80. The number of aromatic hydroxyl groups is 1. The number of hydrogen-bond acceptors (Lipinski definition) is 3. The third kappa shape index (κ3) is 2.42. The highest BCUT2D eigenvalue weighted by Gasteiger charge is 2.33. The van der Waals surface area contributed by atoms with Gasteiger partial charge in [-0.05, 0) is 48.1 Å². The molecule has 0 aliphatic carbocycles. The number of likely N-dealkylation sites (tertiary alicyclic amines) is 1. The van der Waals surface area contributed by atoms with Crippen molar-refractivity contribution in [2.75, 3.05) is 13.1 Å². The molecule has 0 radical (unpaired) electrons. The first-order valence-corrected chi connectivity index (χ1v) is 7.99. The molecule has 0 spiro atoms. The molecular weight excluding hydrogens is 290 g/mol. The Morgan fingerprint density at radius 2 is 2.09 bits per heavy atom. The van der Waals surface area contributed by atoms with E-state index in [2.05, 4.69) is 9.55 Å². The maximum Gasteiger partial charge on any atom is 0.209 e. The highest BCUT2D eigenvalue weighted by atomic mass is 16.3. The number of phenolic OH excluding ortho intramolecular Hbond substituents is 1. The minimum absolute atomic E-state index is 0.185. The zero-order valence-corrected chi connectivity index (χ0v) is 12.8. The molecule has 2 aliphatic rings. The minimum atomic E-state index is 0.185. The zero-order valence-electron chi connectivity index (χ0n) is 12.8. The van der Waals surface area contributed by atoms with Gasteiger partial charge in [0, 0.05) is 37.6 Å². The Labute approximate surface area is 134 Å². The molecule has 0 saturated carbocycles. The molecule has 23 heavy (non-hydrogen) atoms. The summed E-state index contributed by atoms with van der Waals surface area (Å²) < 4.78 is 2.06. The third-order valence-electron chi connectivity index (χ3n) is 4.99. The van der Waals surface area contributed by atoms with Crippen LogP contribution in [0.1, 0.15) is 35.7 Å². The average molecular weight is 309 g/mol. The Bertz CT molecular complexity index is 757. The smallest absolute Gasteiger partial charge is 0.209 e. The Kier molecular flexibility index (Phi) is 3.41. The number of nitrogens with zero attached hydrogens (tertiary/aromatic N) is 3. The Morgan fingerprint density at radius 3 is 2.87 bits per heavy atom. The van der Waals surface area contributed by atoms with Crippen LogP contribution < -0.4 is 0 Å². The van der Waals surface area contributed by atoms with E-state index >= 15 is 0 Å². The fourth-order valence-electron chi connectivity index (χ4n) is 3.80. The van der Waals surface area contributed by atoms with Crippen LogP contribution in [0.3, 0.4) is 0 Å². The summed E-state index contributed by atoms with van der Waals surface area (Å²) in [5.41, 5.74) is 2.24. The summed E-state index contributed by atoms with van der Waals surface area (Å²) >= 11 is 0. The Hall–Kier alpha value is -2.56. The maximum absolute atomic E-state index is 11.0. The molecule has 1 fully saturated rings. The van der Waals surface area contributed by atoms with Crippen LogP contribution in [0.4, 0.5) is 0 Å². The molecule has 5 nitrogen and oxygen atoms in total. The summed E-state index contributed by atoms with van der Waals surface area (Å²) in [6, 6.07) is 5.57. The van der Waals surface area contributed by atoms with Gasteiger partial charge in [0.05, 0.1) is 0 Å². The molecule has 118 valence electrons. The zero-order chi connectivity index (χ0) is 15.8. The molecule has 4 rings (SSSR count). The predicted octanol–water partition coefficient (Wildman–Crippen LogP) is 2.53.